The van der Waals surface area contributed by atoms with Gasteiger partial charge in [-0.2, -0.15) is 0 Å². The van der Waals surface area contributed by atoms with Gasteiger partial charge in [0.05, 0.1) is 10.5 Å². The van der Waals surface area contributed by atoms with Gasteiger partial charge in [0, 0.05) is 22.7 Å². The molecule has 0 atom stereocenters. The van der Waals surface area contributed by atoms with Gasteiger partial charge in [-0.3, -0.25) is 0 Å². The molecule has 16 heavy (non-hydrogen) atoms. The molecule has 2 rings (SSSR count). The minimum Gasteiger partial charge on any atom is -0.478 e. The number of rotatable bonds is 2. The normalized spacial score (nSPS) is 11.4. The minimum absolute atomic E-state index is 0.635. The van der Waals surface area contributed by atoms with Crippen molar-refractivity contribution in [3.05, 3.63) is 40.6 Å². The Morgan fingerprint density at radius 1 is 1.50 bits per heavy atom. The third kappa shape index (κ3) is 1.82. The van der Waals surface area contributed by atoms with E-state index in [-0.39, 0.29) is 0 Å². The quantitative estimate of drug-likeness (QED) is 0.786. The van der Waals surface area contributed by atoms with Crippen molar-refractivity contribution in [3.63, 3.8) is 0 Å². The molecule has 0 bridgehead atoms. The number of nitrogens with one attached hydrogen (secondary N) is 1. The molecule has 3 nitrogen and oxygen atoms in total. The molecule has 0 saturated carbocycles. The van der Waals surface area contributed by atoms with Crippen LogP contribution >= 0.6 is 11.6 Å². The van der Waals surface area contributed by atoms with Gasteiger partial charge in [-0.1, -0.05) is 23.7 Å². The largest absolute Gasteiger partial charge is 0.478 e. The molecule has 0 radical (unpaired) electrons. The van der Waals surface area contributed by atoms with Crippen molar-refractivity contribution in [1.82, 2.24) is 4.98 Å². The summed E-state index contributed by atoms with van der Waals surface area (Å²) in [6.07, 6.45) is 2.70. The number of benzene rings is 1. The zero-order valence-corrected chi connectivity index (χ0v) is 9.38. The summed E-state index contributed by atoms with van der Waals surface area (Å²) in [7, 11) is 0. The number of aryl methyl sites for hydroxylation is 1. The summed E-state index contributed by atoms with van der Waals surface area (Å²) in [5.41, 5.74) is 2.60. The maximum Gasteiger partial charge on any atom is 0.328 e. The van der Waals surface area contributed by atoms with Crippen LogP contribution < -0.4 is 0 Å². The summed E-state index contributed by atoms with van der Waals surface area (Å²) in [6, 6.07) is 5.55. The Bertz CT molecular complexity index is 584. The molecule has 0 saturated heterocycles. The van der Waals surface area contributed by atoms with Crippen molar-refractivity contribution in [2.24, 2.45) is 0 Å². The Morgan fingerprint density at radius 3 is 2.94 bits per heavy atom. The van der Waals surface area contributed by atoms with E-state index < -0.39 is 5.97 Å². The van der Waals surface area contributed by atoms with Gasteiger partial charge in [0.2, 0.25) is 0 Å². The summed E-state index contributed by atoms with van der Waals surface area (Å²) in [4.78, 5) is 13.6. The van der Waals surface area contributed by atoms with Crippen LogP contribution in [0.4, 0.5) is 0 Å². The molecule has 2 N–H and O–H groups in total. The van der Waals surface area contributed by atoms with E-state index in [1.807, 2.05) is 19.1 Å². The first-order valence-electron chi connectivity index (χ1n) is 4.77. The highest BCUT2D eigenvalue weighted by molar-refractivity contribution is 6.35. The van der Waals surface area contributed by atoms with Crippen LogP contribution in [-0.2, 0) is 4.79 Å². The van der Waals surface area contributed by atoms with Gasteiger partial charge in [-0.15, -0.1) is 0 Å². The van der Waals surface area contributed by atoms with Crippen molar-refractivity contribution in [1.29, 1.82) is 0 Å². The molecular weight excluding hydrogens is 226 g/mol. The lowest BCUT2D eigenvalue weighted by molar-refractivity contribution is -0.131. The summed E-state index contributed by atoms with van der Waals surface area (Å²) >= 11 is 6.03. The Labute approximate surface area is 97.4 Å². The fourth-order valence-electron chi connectivity index (χ4n) is 1.70. The van der Waals surface area contributed by atoms with Crippen LogP contribution in [0.2, 0.25) is 5.02 Å². The van der Waals surface area contributed by atoms with E-state index in [9.17, 15) is 4.79 Å². The lowest BCUT2D eigenvalue weighted by Gasteiger charge is -1.93. The van der Waals surface area contributed by atoms with Crippen LogP contribution in [0.1, 0.15) is 11.3 Å². The Kier molecular flexibility index (Phi) is 2.71. The number of para-hydroxylation sites is 1. The van der Waals surface area contributed by atoms with Crippen molar-refractivity contribution in [2.75, 3.05) is 0 Å². The van der Waals surface area contributed by atoms with Gasteiger partial charge >= 0.3 is 5.97 Å². The molecule has 0 spiro atoms. The standard InChI is InChI=1S/C12H10ClNO2/c1-7-8(5-6-11(15)16)9-3-2-4-10(13)12(9)14-7/h2-6,14H,1H3,(H,15,16)/b6-5+. The lowest BCUT2D eigenvalue weighted by atomic mass is 10.1. The predicted octanol–water partition coefficient (Wildman–Crippen LogP) is 3.23. The average molecular weight is 236 g/mol. The number of aliphatic carboxylic acids is 1. The second-order valence-electron chi connectivity index (χ2n) is 3.50. The third-order valence-corrected chi connectivity index (χ3v) is 2.73. The number of carboxylic acids is 1. The molecule has 0 fully saturated rings. The maximum absolute atomic E-state index is 10.5. The van der Waals surface area contributed by atoms with Crippen molar-refractivity contribution in [2.45, 2.75) is 6.92 Å². The monoisotopic (exact) mass is 235 g/mol. The fraction of sp³-hybridized carbons (Fsp3) is 0.0833. The average Bonchev–Trinajstić information content (AvgIpc) is 2.53. The highest BCUT2D eigenvalue weighted by atomic mass is 35.5. The molecule has 0 aliphatic carbocycles. The highest BCUT2D eigenvalue weighted by Gasteiger charge is 2.08. The molecule has 0 aliphatic heterocycles. The van der Waals surface area contributed by atoms with Crippen LogP contribution in [0.3, 0.4) is 0 Å². The highest BCUT2D eigenvalue weighted by Crippen LogP contribution is 2.28. The van der Waals surface area contributed by atoms with Crippen LogP contribution in [0.5, 0.6) is 0 Å². The summed E-state index contributed by atoms with van der Waals surface area (Å²) < 4.78 is 0. The van der Waals surface area contributed by atoms with Gasteiger partial charge in [0.15, 0.2) is 0 Å². The summed E-state index contributed by atoms with van der Waals surface area (Å²) in [5, 5.41) is 10.2. The van der Waals surface area contributed by atoms with Gasteiger partial charge in [0.25, 0.3) is 0 Å². The van der Waals surface area contributed by atoms with Gasteiger partial charge in [-0.25, -0.2) is 4.79 Å². The first-order valence-corrected chi connectivity index (χ1v) is 5.15. The summed E-state index contributed by atoms with van der Waals surface area (Å²) in [5.74, 6) is -0.962. The number of hydrogen-bond acceptors (Lipinski definition) is 1. The van der Waals surface area contributed by atoms with Gasteiger partial charge in [0.1, 0.15) is 0 Å². The number of carbonyl (C=O) groups is 1. The van der Waals surface area contributed by atoms with Gasteiger partial charge < -0.3 is 10.1 Å². The van der Waals surface area contributed by atoms with Crippen LogP contribution in [0.15, 0.2) is 24.3 Å². The molecule has 4 heteroatoms. The molecule has 1 aromatic heterocycles. The second kappa shape index (κ2) is 4.02. The molecular formula is C12H10ClNO2. The third-order valence-electron chi connectivity index (χ3n) is 2.41. The predicted molar refractivity (Wildman–Crippen MR) is 64.7 cm³/mol. The Hall–Kier alpha value is -1.74. The number of H-pyrrole nitrogens is 1. The van der Waals surface area contributed by atoms with E-state index >= 15 is 0 Å². The minimum atomic E-state index is -0.962. The van der Waals surface area contributed by atoms with Crippen molar-refractivity contribution < 1.29 is 9.90 Å². The molecule has 1 heterocycles. The first-order chi connectivity index (χ1) is 7.59. The zero-order chi connectivity index (χ0) is 11.7. The van der Waals surface area contributed by atoms with E-state index in [0.29, 0.717) is 5.02 Å². The Balaban J connectivity index is 2.65. The molecule has 82 valence electrons. The van der Waals surface area contributed by atoms with E-state index in [1.54, 1.807) is 12.1 Å². The lowest BCUT2D eigenvalue weighted by Crippen LogP contribution is -1.86. The number of aromatic nitrogens is 1. The van der Waals surface area contributed by atoms with Gasteiger partial charge in [-0.05, 0) is 19.1 Å². The Morgan fingerprint density at radius 2 is 2.25 bits per heavy atom. The van der Waals surface area contributed by atoms with Crippen molar-refractivity contribution >= 4 is 34.5 Å². The number of halogens is 1. The maximum atomic E-state index is 10.5. The van der Waals surface area contributed by atoms with E-state index in [0.717, 1.165) is 28.2 Å². The van der Waals surface area contributed by atoms with E-state index in [2.05, 4.69) is 4.98 Å². The number of carboxylic acid groups (broad SMARTS) is 1. The zero-order valence-electron chi connectivity index (χ0n) is 8.62. The number of fused-ring (bicyclic) bond motifs is 1. The molecule has 2 aromatic rings. The number of aromatic amines is 1. The molecule has 0 amide bonds. The summed E-state index contributed by atoms with van der Waals surface area (Å²) in [6.45, 7) is 1.89. The second-order valence-corrected chi connectivity index (χ2v) is 3.90. The van der Waals surface area contributed by atoms with Crippen LogP contribution in [0.25, 0.3) is 17.0 Å². The fourth-order valence-corrected chi connectivity index (χ4v) is 1.92. The topological polar surface area (TPSA) is 53.1 Å². The molecule has 0 aliphatic rings. The number of hydrogen-bond donors (Lipinski definition) is 2. The molecule has 1 aromatic carbocycles. The first kappa shape index (κ1) is 10.8. The van der Waals surface area contributed by atoms with Crippen molar-refractivity contribution in [3.8, 4) is 0 Å². The van der Waals surface area contributed by atoms with E-state index in [4.69, 9.17) is 16.7 Å². The van der Waals surface area contributed by atoms with Crippen LogP contribution in [0, 0.1) is 6.92 Å². The van der Waals surface area contributed by atoms with E-state index in [1.165, 1.54) is 0 Å². The SMILES string of the molecule is Cc1[nH]c2c(Cl)cccc2c1/C=C/C(=O)O. The van der Waals surface area contributed by atoms with Crippen LogP contribution in [-0.4, -0.2) is 16.1 Å². The smallest absolute Gasteiger partial charge is 0.328 e. The molecule has 0 unspecified atom stereocenters.